The molecule has 1 fully saturated rings. The van der Waals surface area contributed by atoms with Gasteiger partial charge in [0.2, 0.25) is 11.1 Å². The molecule has 1 atom stereocenters. The molecule has 0 radical (unpaired) electrons. The monoisotopic (exact) mass is 403 g/mol. The molecule has 1 amide bonds. The van der Waals surface area contributed by atoms with Crippen molar-refractivity contribution in [2.24, 2.45) is 0 Å². The molecule has 28 heavy (non-hydrogen) atoms. The summed E-state index contributed by atoms with van der Waals surface area (Å²) < 4.78 is 6.78. The Bertz CT molecular complexity index is 854. The number of amides is 1. The van der Waals surface area contributed by atoms with Gasteiger partial charge in [0.15, 0.2) is 0 Å². The van der Waals surface area contributed by atoms with Crippen LogP contribution < -0.4 is 0 Å². The van der Waals surface area contributed by atoms with Crippen molar-refractivity contribution in [2.75, 3.05) is 18.9 Å². The molecule has 1 saturated heterocycles. The second-order valence-electron chi connectivity index (χ2n) is 6.80. The average Bonchev–Trinajstić information content (AvgIpc) is 3.14. The minimum atomic E-state index is -0.489. The predicted octanol–water partition coefficient (Wildman–Crippen LogP) is 2.32. The van der Waals surface area contributed by atoms with Gasteiger partial charge in [0, 0.05) is 6.54 Å². The lowest BCUT2D eigenvalue weighted by atomic mass is 10.0. The number of carbonyl (C=O) groups excluding carboxylic acids is 2. The van der Waals surface area contributed by atoms with Gasteiger partial charge in [-0.3, -0.25) is 4.79 Å². The fourth-order valence-electron chi connectivity index (χ4n) is 3.39. The maximum Gasteiger partial charge on any atom is 0.328 e. The van der Waals surface area contributed by atoms with Crippen molar-refractivity contribution in [2.45, 2.75) is 51.2 Å². The minimum Gasteiger partial charge on any atom is -0.464 e. The van der Waals surface area contributed by atoms with Crippen LogP contribution in [0.2, 0.25) is 0 Å². The van der Waals surface area contributed by atoms with Crippen LogP contribution in [0.15, 0.2) is 23.4 Å². The van der Waals surface area contributed by atoms with Crippen LogP contribution in [-0.2, 0) is 14.3 Å². The zero-order chi connectivity index (χ0) is 20.1. The van der Waals surface area contributed by atoms with E-state index in [-0.39, 0.29) is 17.6 Å². The van der Waals surface area contributed by atoms with E-state index in [4.69, 9.17) is 4.74 Å². The normalized spacial score (nSPS) is 16.8. The first-order chi connectivity index (χ1) is 13.5. The predicted molar refractivity (Wildman–Crippen MR) is 105 cm³/mol. The Morgan fingerprint density at radius 1 is 1.29 bits per heavy atom. The van der Waals surface area contributed by atoms with Crippen LogP contribution in [0.25, 0.3) is 5.69 Å². The first-order valence-electron chi connectivity index (χ1n) is 9.46. The van der Waals surface area contributed by atoms with Crippen molar-refractivity contribution >= 4 is 23.6 Å². The quantitative estimate of drug-likeness (QED) is 0.540. The summed E-state index contributed by atoms with van der Waals surface area (Å²) in [4.78, 5) is 26.6. The van der Waals surface area contributed by atoms with Gasteiger partial charge in [0.1, 0.15) is 6.04 Å². The summed E-state index contributed by atoms with van der Waals surface area (Å²) in [5.74, 6) is -0.250. The number of hydrogen-bond donors (Lipinski definition) is 0. The smallest absolute Gasteiger partial charge is 0.328 e. The van der Waals surface area contributed by atoms with Crippen LogP contribution in [0.4, 0.5) is 0 Å². The molecule has 0 saturated carbocycles. The molecule has 3 rings (SSSR count). The SMILES string of the molecule is CCOC(=O)[C@@H]1CCCCN1C(=O)CSc1nnnn1-c1ccc(C)cc1C. The minimum absolute atomic E-state index is 0.0991. The summed E-state index contributed by atoms with van der Waals surface area (Å²) in [5, 5.41) is 12.4. The zero-order valence-electron chi connectivity index (χ0n) is 16.4. The third-order valence-corrected chi connectivity index (χ3v) is 5.63. The van der Waals surface area contributed by atoms with Crippen LogP contribution in [0.1, 0.15) is 37.3 Å². The van der Waals surface area contributed by atoms with E-state index in [9.17, 15) is 9.59 Å². The van der Waals surface area contributed by atoms with Crippen molar-refractivity contribution < 1.29 is 14.3 Å². The molecular formula is C19H25N5O3S. The summed E-state index contributed by atoms with van der Waals surface area (Å²) in [6.45, 7) is 6.70. The third kappa shape index (κ3) is 4.52. The Hall–Kier alpha value is -2.42. The summed E-state index contributed by atoms with van der Waals surface area (Å²) in [6, 6.07) is 5.54. The van der Waals surface area contributed by atoms with E-state index in [0.29, 0.717) is 24.7 Å². The molecule has 0 spiro atoms. The number of rotatable bonds is 6. The van der Waals surface area contributed by atoms with Crippen LogP contribution >= 0.6 is 11.8 Å². The van der Waals surface area contributed by atoms with Gasteiger partial charge in [0.05, 0.1) is 18.0 Å². The lowest BCUT2D eigenvalue weighted by Crippen LogP contribution is -2.49. The van der Waals surface area contributed by atoms with Crippen LogP contribution in [0.3, 0.4) is 0 Å². The van der Waals surface area contributed by atoms with Crippen molar-refractivity contribution in [3.05, 3.63) is 29.3 Å². The summed E-state index contributed by atoms with van der Waals surface area (Å²) in [6.07, 6.45) is 2.47. The molecule has 1 aliphatic heterocycles. The fourth-order valence-corrected chi connectivity index (χ4v) is 4.16. The number of piperidine rings is 1. The lowest BCUT2D eigenvalue weighted by molar-refractivity contribution is -0.155. The molecule has 0 N–H and O–H groups in total. The number of nitrogens with zero attached hydrogens (tertiary/aromatic N) is 5. The second-order valence-corrected chi connectivity index (χ2v) is 7.75. The molecule has 2 aromatic rings. The molecular weight excluding hydrogens is 378 g/mol. The van der Waals surface area contributed by atoms with E-state index < -0.39 is 6.04 Å². The largest absolute Gasteiger partial charge is 0.464 e. The third-order valence-electron chi connectivity index (χ3n) is 4.73. The summed E-state index contributed by atoms with van der Waals surface area (Å²) >= 11 is 1.27. The number of tetrazole rings is 1. The van der Waals surface area contributed by atoms with Crippen LogP contribution in [-0.4, -0.2) is 61.9 Å². The van der Waals surface area contributed by atoms with Crippen LogP contribution in [0, 0.1) is 13.8 Å². The van der Waals surface area contributed by atoms with Crippen molar-refractivity contribution in [1.82, 2.24) is 25.1 Å². The number of thioether (sulfide) groups is 1. The van der Waals surface area contributed by atoms with Crippen molar-refractivity contribution in [3.8, 4) is 5.69 Å². The molecule has 1 aromatic heterocycles. The van der Waals surface area contributed by atoms with Gasteiger partial charge in [-0.05, 0) is 62.1 Å². The molecule has 2 heterocycles. The molecule has 0 unspecified atom stereocenters. The van der Waals surface area contributed by atoms with E-state index in [0.717, 1.165) is 29.7 Å². The molecule has 1 aliphatic rings. The summed E-state index contributed by atoms with van der Waals surface area (Å²) in [7, 11) is 0. The molecule has 150 valence electrons. The Labute approximate surface area is 168 Å². The molecule has 0 aliphatic carbocycles. The highest BCUT2D eigenvalue weighted by Crippen LogP contribution is 2.24. The van der Waals surface area contributed by atoms with Crippen LogP contribution in [0.5, 0.6) is 0 Å². The van der Waals surface area contributed by atoms with Crippen molar-refractivity contribution in [1.29, 1.82) is 0 Å². The number of likely N-dealkylation sites (tertiary alicyclic amines) is 1. The maximum atomic E-state index is 12.8. The Kier molecular flexibility index (Phi) is 6.66. The van der Waals surface area contributed by atoms with E-state index in [1.54, 1.807) is 16.5 Å². The topological polar surface area (TPSA) is 90.2 Å². The average molecular weight is 404 g/mol. The Morgan fingerprint density at radius 2 is 2.11 bits per heavy atom. The van der Waals surface area contributed by atoms with Gasteiger partial charge < -0.3 is 9.64 Å². The molecule has 1 aromatic carbocycles. The van der Waals surface area contributed by atoms with E-state index in [1.165, 1.54) is 11.8 Å². The zero-order valence-corrected chi connectivity index (χ0v) is 17.2. The molecule has 8 nitrogen and oxygen atoms in total. The Balaban J connectivity index is 1.69. The number of carbonyl (C=O) groups is 2. The standard InChI is InChI=1S/C19H25N5O3S/c1-4-27-18(26)16-7-5-6-10-23(16)17(25)12-28-19-20-21-22-24(19)15-9-8-13(2)11-14(15)3/h8-9,11,16H,4-7,10,12H2,1-3H3/t16-/m0/s1. The van der Waals surface area contributed by atoms with Crippen molar-refractivity contribution in [3.63, 3.8) is 0 Å². The molecule has 0 bridgehead atoms. The van der Waals surface area contributed by atoms with E-state index in [2.05, 4.69) is 21.6 Å². The number of ether oxygens (including phenoxy) is 1. The van der Waals surface area contributed by atoms with E-state index in [1.807, 2.05) is 26.0 Å². The first-order valence-corrected chi connectivity index (χ1v) is 10.4. The van der Waals surface area contributed by atoms with E-state index >= 15 is 0 Å². The fraction of sp³-hybridized carbons (Fsp3) is 0.526. The highest BCUT2D eigenvalue weighted by molar-refractivity contribution is 7.99. The maximum absolute atomic E-state index is 12.8. The summed E-state index contributed by atoms with van der Waals surface area (Å²) in [5.41, 5.74) is 3.10. The number of aromatic nitrogens is 4. The molecule has 9 heteroatoms. The number of aryl methyl sites for hydroxylation is 2. The number of esters is 1. The van der Waals surface area contributed by atoms with Gasteiger partial charge in [-0.2, -0.15) is 4.68 Å². The lowest BCUT2D eigenvalue weighted by Gasteiger charge is -2.33. The number of hydrogen-bond acceptors (Lipinski definition) is 7. The van der Waals surface area contributed by atoms with Gasteiger partial charge in [0.25, 0.3) is 0 Å². The number of benzene rings is 1. The first kappa shape index (κ1) is 20.3. The Morgan fingerprint density at radius 3 is 2.86 bits per heavy atom. The highest BCUT2D eigenvalue weighted by atomic mass is 32.2. The van der Waals surface area contributed by atoms with Gasteiger partial charge >= 0.3 is 5.97 Å². The van der Waals surface area contributed by atoms with Gasteiger partial charge in [-0.15, -0.1) is 5.10 Å². The highest BCUT2D eigenvalue weighted by Gasteiger charge is 2.33. The van der Waals surface area contributed by atoms with Gasteiger partial charge in [-0.25, -0.2) is 4.79 Å². The van der Waals surface area contributed by atoms with Gasteiger partial charge in [-0.1, -0.05) is 29.5 Å². The second kappa shape index (κ2) is 9.18.